The van der Waals surface area contributed by atoms with Crippen LogP contribution in [-0.4, -0.2) is 32.2 Å². The Morgan fingerprint density at radius 2 is 1.87 bits per heavy atom. The van der Waals surface area contributed by atoms with Gasteiger partial charge < -0.3 is 9.47 Å². The van der Waals surface area contributed by atoms with Gasteiger partial charge in [-0.05, 0) is 61.6 Å². The van der Waals surface area contributed by atoms with Gasteiger partial charge in [0.25, 0.3) is 11.5 Å². The third-order valence-corrected chi connectivity index (χ3v) is 6.20. The molecule has 2 aromatic carbocycles. The van der Waals surface area contributed by atoms with Gasteiger partial charge in [0.2, 0.25) is 10.0 Å². The predicted molar refractivity (Wildman–Crippen MR) is 123 cm³/mol. The van der Waals surface area contributed by atoms with Crippen molar-refractivity contribution in [2.24, 2.45) is 0 Å². The molecule has 31 heavy (non-hydrogen) atoms. The summed E-state index contributed by atoms with van der Waals surface area (Å²) in [5, 5.41) is 0.976. The molecule has 0 radical (unpaired) electrons. The van der Waals surface area contributed by atoms with E-state index in [0.29, 0.717) is 18.2 Å². The van der Waals surface area contributed by atoms with E-state index < -0.39 is 10.0 Å². The number of hydrogen-bond donors (Lipinski definition) is 1. The Labute approximate surface area is 181 Å². The van der Waals surface area contributed by atoms with E-state index in [1.807, 2.05) is 25.1 Å². The van der Waals surface area contributed by atoms with Crippen molar-refractivity contribution in [2.45, 2.75) is 32.2 Å². The topological polar surface area (TPSA) is 88.5 Å². The van der Waals surface area contributed by atoms with Gasteiger partial charge in [0.15, 0.2) is 0 Å². The summed E-state index contributed by atoms with van der Waals surface area (Å²) < 4.78 is 27.5. The number of amides is 1. The molecule has 0 aliphatic heterocycles. The first-order valence-electron chi connectivity index (χ1n) is 10.2. The van der Waals surface area contributed by atoms with Crippen molar-refractivity contribution in [3.8, 4) is 0 Å². The highest BCUT2D eigenvalue weighted by Crippen LogP contribution is 2.43. The summed E-state index contributed by atoms with van der Waals surface area (Å²) in [6, 6.07) is 13.9. The molecule has 1 aliphatic carbocycles. The van der Waals surface area contributed by atoms with Crippen LogP contribution in [0.2, 0.25) is 0 Å². The molecule has 7 nitrogen and oxygen atoms in total. The number of pyridine rings is 1. The van der Waals surface area contributed by atoms with Gasteiger partial charge in [0, 0.05) is 30.7 Å². The number of aryl methyl sites for hydroxylation is 1. The number of sulfonamides is 1. The molecule has 162 valence electrons. The van der Waals surface area contributed by atoms with E-state index in [1.165, 1.54) is 4.90 Å². The minimum Gasteiger partial charge on any atom is -0.311 e. The van der Waals surface area contributed by atoms with Gasteiger partial charge in [-0.3, -0.25) is 14.3 Å². The van der Waals surface area contributed by atoms with Crippen LogP contribution in [0.25, 0.3) is 10.9 Å². The number of carbonyl (C=O) groups excluding carboxylic acids is 1. The first-order chi connectivity index (χ1) is 14.7. The lowest BCUT2D eigenvalue weighted by Gasteiger charge is -2.21. The SMILES string of the molecule is CCn1c(=O)cc(C2CC2)c2cc(N(C)C(=O)c3ccccc3NS(C)(=O)=O)ccc21. The Balaban J connectivity index is 1.78. The van der Waals surface area contributed by atoms with Crippen molar-refractivity contribution in [1.29, 1.82) is 0 Å². The standard InChI is InChI=1S/C23H25N3O4S/c1-4-26-21-12-11-16(13-19(21)18(14-22(26)27)15-9-10-15)25(2)23(28)17-7-5-6-8-20(17)24-31(3,29)30/h5-8,11-15,24H,4,9-10H2,1-3H3. The highest BCUT2D eigenvalue weighted by atomic mass is 32.2. The summed E-state index contributed by atoms with van der Waals surface area (Å²) in [4.78, 5) is 27.3. The second kappa shape index (κ2) is 7.85. The third kappa shape index (κ3) is 4.20. The lowest BCUT2D eigenvalue weighted by molar-refractivity contribution is 0.0994. The summed E-state index contributed by atoms with van der Waals surface area (Å²) in [6.45, 7) is 2.51. The number of fused-ring (bicyclic) bond motifs is 1. The van der Waals surface area contributed by atoms with E-state index in [4.69, 9.17) is 0 Å². The minimum absolute atomic E-state index is 0.00476. The Kier molecular flexibility index (Phi) is 5.35. The molecule has 1 saturated carbocycles. The maximum atomic E-state index is 13.2. The van der Waals surface area contributed by atoms with Crippen molar-refractivity contribution < 1.29 is 13.2 Å². The van der Waals surface area contributed by atoms with Crippen molar-refractivity contribution in [1.82, 2.24) is 4.57 Å². The molecule has 0 bridgehead atoms. The lowest BCUT2D eigenvalue weighted by Crippen LogP contribution is -2.28. The van der Waals surface area contributed by atoms with E-state index in [0.717, 1.165) is 35.6 Å². The molecule has 1 fully saturated rings. The van der Waals surface area contributed by atoms with Crippen LogP contribution in [0, 0.1) is 0 Å². The van der Waals surface area contributed by atoms with Gasteiger partial charge in [-0.25, -0.2) is 8.42 Å². The number of nitrogens with zero attached hydrogens (tertiary/aromatic N) is 2. The van der Waals surface area contributed by atoms with Crippen molar-refractivity contribution >= 4 is 38.2 Å². The fourth-order valence-electron chi connectivity index (χ4n) is 3.92. The number of benzene rings is 2. The van der Waals surface area contributed by atoms with Crippen LogP contribution in [0.15, 0.2) is 53.3 Å². The molecule has 3 aromatic rings. The summed E-state index contributed by atoms with van der Waals surface area (Å²) in [5.74, 6) is 0.0561. The van der Waals surface area contributed by atoms with Crippen LogP contribution in [0.1, 0.15) is 41.6 Å². The molecule has 0 spiro atoms. The third-order valence-electron chi connectivity index (χ3n) is 5.61. The molecular weight excluding hydrogens is 414 g/mol. The molecule has 0 unspecified atom stereocenters. The fraction of sp³-hybridized carbons (Fsp3) is 0.304. The molecule has 1 N–H and O–H groups in total. The Morgan fingerprint density at radius 1 is 1.16 bits per heavy atom. The van der Waals surface area contributed by atoms with E-state index in [1.54, 1.807) is 41.9 Å². The minimum atomic E-state index is -3.53. The zero-order chi connectivity index (χ0) is 22.3. The largest absolute Gasteiger partial charge is 0.311 e. The van der Waals surface area contributed by atoms with Gasteiger partial charge in [-0.1, -0.05) is 12.1 Å². The highest BCUT2D eigenvalue weighted by molar-refractivity contribution is 7.92. The van der Waals surface area contributed by atoms with Crippen LogP contribution in [0.4, 0.5) is 11.4 Å². The zero-order valence-corrected chi connectivity index (χ0v) is 18.6. The van der Waals surface area contributed by atoms with E-state index in [2.05, 4.69) is 4.72 Å². The molecular formula is C23H25N3O4S. The van der Waals surface area contributed by atoms with Gasteiger partial charge in [-0.2, -0.15) is 0 Å². The average Bonchev–Trinajstić information content (AvgIpc) is 3.56. The molecule has 1 aliphatic rings. The Bertz CT molecular complexity index is 1340. The van der Waals surface area contributed by atoms with Crippen molar-refractivity contribution in [3.63, 3.8) is 0 Å². The molecule has 1 amide bonds. The van der Waals surface area contributed by atoms with Crippen LogP contribution in [0.5, 0.6) is 0 Å². The molecule has 0 saturated heterocycles. The summed E-state index contributed by atoms with van der Waals surface area (Å²) >= 11 is 0. The molecule has 0 atom stereocenters. The van der Waals surface area contributed by atoms with Crippen LogP contribution >= 0.6 is 0 Å². The van der Waals surface area contributed by atoms with Gasteiger partial charge in [0.1, 0.15) is 0 Å². The van der Waals surface area contributed by atoms with Gasteiger partial charge >= 0.3 is 0 Å². The number of nitrogens with one attached hydrogen (secondary N) is 1. The van der Waals surface area contributed by atoms with Crippen LogP contribution in [-0.2, 0) is 16.6 Å². The molecule has 1 heterocycles. The summed E-state index contributed by atoms with van der Waals surface area (Å²) in [7, 11) is -1.87. The molecule has 8 heteroatoms. The second-order valence-electron chi connectivity index (χ2n) is 7.94. The molecule has 4 rings (SSSR count). The van der Waals surface area contributed by atoms with Gasteiger partial charge in [0.05, 0.1) is 23.0 Å². The Hall–Kier alpha value is -3.13. The number of carbonyl (C=O) groups is 1. The molecule has 1 aromatic heterocycles. The fourth-order valence-corrected chi connectivity index (χ4v) is 4.50. The Morgan fingerprint density at radius 3 is 2.52 bits per heavy atom. The number of rotatable bonds is 6. The van der Waals surface area contributed by atoms with E-state index >= 15 is 0 Å². The second-order valence-corrected chi connectivity index (χ2v) is 9.69. The number of anilines is 2. The smallest absolute Gasteiger partial charge is 0.260 e. The number of para-hydroxylation sites is 1. The maximum absolute atomic E-state index is 13.2. The summed E-state index contributed by atoms with van der Waals surface area (Å²) in [5.41, 5.74) is 3.06. The van der Waals surface area contributed by atoms with E-state index in [-0.39, 0.29) is 22.7 Å². The normalized spacial score (nSPS) is 13.9. The lowest BCUT2D eigenvalue weighted by atomic mass is 10.0. The monoisotopic (exact) mass is 439 g/mol. The van der Waals surface area contributed by atoms with E-state index in [9.17, 15) is 18.0 Å². The predicted octanol–water partition coefficient (Wildman–Crippen LogP) is 3.55. The maximum Gasteiger partial charge on any atom is 0.260 e. The van der Waals surface area contributed by atoms with Gasteiger partial charge in [-0.15, -0.1) is 0 Å². The van der Waals surface area contributed by atoms with Crippen molar-refractivity contribution in [3.05, 3.63) is 70.0 Å². The first kappa shape index (κ1) is 21.1. The summed E-state index contributed by atoms with van der Waals surface area (Å²) in [6.07, 6.45) is 3.18. The van der Waals surface area contributed by atoms with Crippen LogP contribution in [0.3, 0.4) is 0 Å². The van der Waals surface area contributed by atoms with Crippen molar-refractivity contribution in [2.75, 3.05) is 22.9 Å². The number of hydrogen-bond acceptors (Lipinski definition) is 4. The quantitative estimate of drug-likeness (QED) is 0.636. The zero-order valence-electron chi connectivity index (χ0n) is 17.8. The average molecular weight is 440 g/mol. The first-order valence-corrected chi connectivity index (χ1v) is 12.1. The number of aromatic nitrogens is 1. The highest BCUT2D eigenvalue weighted by Gasteiger charge is 2.27. The van der Waals surface area contributed by atoms with Crippen LogP contribution < -0.4 is 15.2 Å².